The highest BCUT2D eigenvalue weighted by atomic mass is 19.4. The second kappa shape index (κ2) is 6.46. The highest BCUT2D eigenvalue weighted by Crippen LogP contribution is 2.31. The molecule has 0 heterocycles. The number of halogens is 3. The van der Waals surface area contributed by atoms with Crippen molar-refractivity contribution in [3.05, 3.63) is 41.9 Å². The zero-order chi connectivity index (χ0) is 13.6. The summed E-state index contributed by atoms with van der Waals surface area (Å²) >= 11 is 0. The summed E-state index contributed by atoms with van der Waals surface area (Å²) in [6.07, 6.45) is -2.55. The first kappa shape index (κ1) is 14.6. The summed E-state index contributed by atoms with van der Waals surface area (Å²) < 4.78 is 42.2. The molecule has 0 aromatic heterocycles. The molecule has 0 aliphatic rings. The largest absolute Gasteiger partial charge is 0.493 e. The molecule has 7 heteroatoms. The third-order valence-electron chi connectivity index (χ3n) is 2.02. The molecule has 18 heavy (non-hydrogen) atoms. The first-order valence-corrected chi connectivity index (χ1v) is 5.22. The SMILES string of the molecule is OB(O)/C=C/CCOc1cccc(C(F)(F)F)c1. The maximum Gasteiger partial charge on any atom is 0.480 e. The molecule has 0 saturated heterocycles. The summed E-state index contributed by atoms with van der Waals surface area (Å²) in [5.41, 5.74) is -0.763. The highest BCUT2D eigenvalue weighted by molar-refractivity contribution is 6.47. The van der Waals surface area contributed by atoms with Crippen LogP contribution >= 0.6 is 0 Å². The van der Waals surface area contributed by atoms with E-state index in [2.05, 4.69) is 0 Å². The Morgan fingerprint density at radius 3 is 2.61 bits per heavy atom. The van der Waals surface area contributed by atoms with Crippen molar-refractivity contribution in [2.75, 3.05) is 6.61 Å². The fourth-order valence-electron chi connectivity index (χ4n) is 1.22. The van der Waals surface area contributed by atoms with Gasteiger partial charge in [0.2, 0.25) is 0 Å². The highest BCUT2D eigenvalue weighted by Gasteiger charge is 2.30. The summed E-state index contributed by atoms with van der Waals surface area (Å²) in [5, 5.41) is 17.0. The molecule has 0 amide bonds. The smallest absolute Gasteiger partial charge is 0.480 e. The Kier molecular flexibility index (Phi) is 5.24. The van der Waals surface area contributed by atoms with Gasteiger partial charge in [0, 0.05) is 0 Å². The predicted octanol–water partition coefficient (Wildman–Crippen LogP) is 2.04. The molecule has 1 rings (SSSR count). The Bertz CT molecular complexity index is 405. The van der Waals surface area contributed by atoms with E-state index in [9.17, 15) is 13.2 Å². The summed E-state index contributed by atoms with van der Waals surface area (Å²) in [7, 11) is -1.53. The number of alkyl halides is 3. The van der Waals surface area contributed by atoms with Gasteiger partial charge in [0.15, 0.2) is 0 Å². The number of hydrogen-bond donors (Lipinski definition) is 2. The lowest BCUT2D eigenvalue weighted by Gasteiger charge is -2.09. The lowest BCUT2D eigenvalue weighted by atomic mass is 9.91. The Labute approximate surface area is 103 Å². The van der Waals surface area contributed by atoms with Gasteiger partial charge in [0.05, 0.1) is 12.2 Å². The quantitative estimate of drug-likeness (QED) is 0.629. The molecule has 1 aromatic carbocycles. The zero-order valence-electron chi connectivity index (χ0n) is 9.39. The average molecular weight is 260 g/mol. The van der Waals surface area contributed by atoms with E-state index in [-0.39, 0.29) is 12.4 Å². The Morgan fingerprint density at radius 2 is 2.00 bits per heavy atom. The number of benzene rings is 1. The van der Waals surface area contributed by atoms with Crippen molar-refractivity contribution < 1.29 is 28.0 Å². The lowest BCUT2D eigenvalue weighted by molar-refractivity contribution is -0.137. The molecule has 3 nitrogen and oxygen atoms in total. The van der Waals surface area contributed by atoms with Crippen LogP contribution in [0.15, 0.2) is 36.3 Å². The normalized spacial score (nSPS) is 11.8. The van der Waals surface area contributed by atoms with Crippen LogP contribution in [0.5, 0.6) is 5.75 Å². The minimum absolute atomic E-state index is 0.128. The van der Waals surface area contributed by atoms with E-state index in [4.69, 9.17) is 14.8 Å². The van der Waals surface area contributed by atoms with Crippen molar-refractivity contribution in [2.24, 2.45) is 0 Å². The molecule has 0 fully saturated rings. The second-order valence-corrected chi connectivity index (χ2v) is 3.50. The number of ether oxygens (including phenoxy) is 1. The van der Waals surface area contributed by atoms with Crippen LogP contribution in [0.1, 0.15) is 12.0 Å². The number of rotatable bonds is 5. The van der Waals surface area contributed by atoms with Gasteiger partial charge in [-0.2, -0.15) is 13.2 Å². The van der Waals surface area contributed by atoms with Gasteiger partial charge in [0.1, 0.15) is 5.75 Å². The molecule has 0 saturated carbocycles. The van der Waals surface area contributed by atoms with Gasteiger partial charge in [0.25, 0.3) is 0 Å². The third-order valence-corrected chi connectivity index (χ3v) is 2.02. The van der Waals surface area contributed by atoms with Gasteiger partial charge in [-0.15, -0.1) is 0 Å². The van der Waals surface area contributed by atoms with Crippen LogP contribution in [-0.2, 0) is 6.18 Å². The third kappa shape index (κ3) is 5.24. The van der Waals surface area contributed by atoms with Crippen LogP contribution in [0.25, 0.3) is 0 Å². The van der Waals surface area contributed by atoms with E-state index in [1.54, 1.807) is 0 Å². The maximum atomic E-state index is 12.4. The molecule has 0 spiro atoms. The molecule has 2 N–H and O–H groups in total. The van der Waals surface area contributed by atoms with Crippen molar-refractivity contribution >= 4 is 7.12 Å². The van der Waals surface area contributed by atoms with Crippen molar-refractivity contribution in [2.45, 2.75) is 12.6 Å². The minimum Gasteiger partial charge on any atom is -0.493 e. The van der Waals surface area contributed by atoms with Crippen molar-refractivity contribution in [1.82, 2.24) is 0 Å². The van der Waals surface area contributed by atoms with Gasteiger partial charge in [-0.3, -0.25) is 0 Å². The molecule has 0 atom stereocenters. The van der Waals surface area contributed by atoms with Crippen molar-refractivity contribution in [3.63, 3.8) is 0 Å². The lowest BCUT2D eigenvalue weighted by Crippen LogP contribution is -2.06. The molecule has 98 valence electrons. The molecule has 0 unspecified atom stereocenters. The molecule has 0 aliphatic carbocycles. The van der Waals surface area contributed by atoms with Crippen LogP contribution in [0.3, 0.4) is 0 Å². The topological polar surface area (TPSA) is 49.7 Å². The Morgan fingerprint density at radius 1 is 1.28 bits per heavy atom. The van der Waals surface area contributed by atoms with Crippen molar-refractivity contribution in [1.29, 1.82) is 0 Å². The van der Waals surface area contributed by atoms with Gasteiger partial charge >= 0.3 is 13.3 Å². The zero-order valence-corrected chi connectivity index (χ0v) is 9.39. The van der Waals surface area contributed by atoms with E-state index in [1.807, 2.05) is 0 Å². The molecule has 0 bridgehead atoms. The standard InChI is InChI=1S/C11H12BF3O3/c13-11(14,15)9-4-3-5-10(8-9)18-7-2-1-6-12(16)17/h1,3-6,8,16-17H,2,7H2/b6-1+. The van der Waals surface area contributed by atoms with Gasteiger partial charge < -0.3 is 14.8 Å². The van der Waals surface area contributed by atoms with Gasteiger partial charge in [-0.25, -0.2) is 0 Å². The first-order chi connectivity index (χ1) is 8.39. The van der Waals surface area contributed by atoms with Crippen LogP contribution in [0.2, 0.25) is 0 Å². The van der Waals surface area contributed by atoms with Gasteiger partial charge in [-0.05, 0) is 24.6 Å². The summed E-state index contributed by atoms with van der Waals surface area (Å²) in [4.78, 5) is 0. The minimum atomic E-state index is -4.39. The molecular weight excluding hydrogens is 248 g/mol. The van der Waals surface area contributed by atoms with E-state index in [1.165, 1.54) is 18.2 Å². The molecule has 1 aromatic rings. The molecule has 0 aliphatic heterocycles. The Hall–Kier alpha value is -1.47. The van der Waals surface area contributed by atoms with Crippen LogP contribution in [0, 0.1) is 0 Å². The second-order valence-electron chi connectivity index (χ2n) is 3.50. The maximum absolute atomic E-state index is 12.4. The van der Waals surface area contributed by atoms with E-state index < -0.39 is 18.9 Å². The monoisotopic (exact) mass is 260 g/mol. The summed E-state index contributed by atoms with van der Waals surface area (Å²) in [6, 6.07) is 4.59. The predicted molar refractivity (Wildman–Crippen MR) is 60.9 cm³/mol. The van der Waals surface area contributed by atoms with Gasteiger partial charge in [-0.1, -0.05) is 18.1 Å². The average Bonchev–Trinajstić information content (AvgIpc) is 2.27. The van der Waals surface area contributed by atoms with E-state index in [0.717, 1.165) is 18.1 Å². The number of hydrogen-bond acceptors (Lipinski definition) is 3. The van der Waals surface area contributed by atoms with Crippen LogP contribution in [0.4, 0.5) is 13.2 Å². The summed E-state index contributed by atoms with van der Waals surface area (Å²) in [6.45, 7) is 0.157. The molecule has 0 radical (unpaired) electrons. The van der Waals surface area contributed by atoms with Crippen LogP contribution in [-0.4, -0.2) is 23.8 Å². The van der Waals surface area contributed by atoms with E-state index in [0.29, 0.717) is 6.42 Å². The summed E-state index contributed by atoms with van der Waals surface area (Å²) in [5.74, 6) is 1.28. The Balaban J connectivity index is 2.48. The van der Waals surface area contributed by atoms with E-state index >= 15 is 0 Å². The molecular formula is C11H12BF3O3. The fourth-order valence-corrected chi connectivity index (χ4v) is 1.22. The van der Waals surface area contributed by atoms with Crippen LogP contribution < -0.4 is 4.74 Å². The fraction of sp³-hybridized carbons (Fsp3) is 0.273. The first-order valence-electron chi connectivity index (χ1n) is 5.22. The van der Waals surface area contributed by atoms with Crippen molar-refractivity contribution in [3.8, 4) is 5.75 Å².